The van der Waals surface area contributed by atoms with Crippen molar-refractivity contribution in [3.63, 3.8) is 0 Å². The standard InChI is InChI=1S/C18H24SeTe/c1-3-5-10-15-14-18(17(19-15)13-6-4-2)20-16-11-8-7-9-12-16/h7-9,11-12,14H,3-6,10,13H2,1-2H3. The van der Waals surface area contributed by atoms with Crippen LogP contribution in [-0.2, 0) is 12.8 Å². The van der Waals surface area contributed by atoms with Gasteiger partial charge in [-0.1, -0.05) is 0 Å². The molecular formula is C18H24SeTe. The first-order valence-corrected chi connectivity index (χ1v) is 11.7. The molecule has 0 aliphatic carbocycles. The van der Waals surface area contributed by atoms with Gasteiger partial charge in [-0.25, -0.2) is 0 Å². The SMILES string of the molecule is CCCCc1cc([Te]c2ccccc2)c(CCCC)[se]1. The molecule has 20 heavy (non-hydrogen) atoms. The fourth-order valence-corrected chi connectivity index (χ4v) is 9.03. The van der Waals surface area contributed by atoms with Crippen LogP contribution in [0.15, 0.2) is 36.4 Å². The molecule has 1 aromatic carbocycles. The van der Waals surface area contributed by atoms with Gasteiger partial charge in [-0.05, 0) is 0 Å². The van der Waals surface area contributed by atoms with E-state index < -0.39 is 0 Å². The Labute approximate surface area is 139 Å². The van der Waals surface area contributed by atoms with Crippen molar-refractivity contribution in [2.45, 2.75) is 52.4 Å². The van der Waals surface area contributed by atoms with E-state index in [1.165, 1.54) is 38.5 Å². The summed E-state index contributed by atoms with van der Waals surface area (Å²) in [7, 11) is 0. The van der Waals surface area contributed by atoms with Crippen molar-refractivity contribution >= 4 is 42.6 Å². The first kappa shape index (κ1) is 16.4. The molecule has 0 aliphatic rings. The Morgan fingerprint density at radius 2 is 1.65 bits per heavy atom. The molecule has 2 heteroatoms. The first-order valence-electron chi connectivity index (χ1n) is 7.68. The van der Waals surface area contributed by atoms with E-state index in [0.29, 0.717) is 14.5 Å². The molecule has 1 heterocycles. The monoisotopic (exact) mass is 450 g/mol. The van der Waals surface area contributed by atoms with Gasteiger partial charge in [0.15, 0.2) is 0 Å². The Bertz CT molecular complexity index is 501. The van der Waals surface area contributed by atoms with E-state index in [4.69, 9.17) is 0 Å². The van der Waals surface area contributed by atoms with E-state index in [9.17, 15) is 0 Å². The van der Waals surface area contributed by atoms with Crippen molar-refractivity contribution in [3.8, 4) is 0 Å². The van der Waals surface area contributed by atoms with Gasteiger partial charge in [0.2, 0.25) is 0 Å². The average molecular weight is 447 g/mol. The summed E-state index contributed by atoms with van der Waals surface area (Å²) in [5.41, 5.74) is 0. The molecule has 0 spiro atoms. The molecular weight excluding hydrogens is 423 g/mol. The third kappa shape index (κ3) is 5.09. The fraction of sp³-hybridized carbons (Fsp3) is 0.444. The van der Waals surface area contributed by atoms with Crippen LogP contribution < -0.4 is 7.22 Å². The molecule has 0 bridgehead atoms. The van der Waals surface area contributed by atoms with Crippen molar-refractivity contribution in [2.75, 3.05) is 0 Å². The van der Waals surface area contributed by atoms with Crippen molar-refractivity contribution < 1.29 is 0 Å². The summed E-state index contributed by atoms with van der Waals surface area (Å²) in [6, 6.07) is 13.7. The molecule has 2 rings (SSSR count). The van der Waals surface area contributed by atoms with Crippen LogP contribution in [-0.4, -0.2) is 35.4 Å². The molecule has 0 atom stereocenters. The van der Waals surface area contributed by atoms with E-state index in [1.54, 1.807) is 11.7 Å². The van der Waals surface area contributed by atoms with Crippen molar-refractivity contribution in [3.05, 3.63) is 45.3 Å². The van der Waals surface area contributed by atoms with E-state index in [0.717, 1.165) is 0 Å². The molecule has 0 fully saturated rings. The third-order valence-electron chi connectivity index (χ3n) is 3.33. The molecule has 1 aromatic heterocycles. The Hall–Kier alpha value is 0.00909. The van der Waals surface area contributed by atoms with Gasteiger partial charge in [-0.3, -0.25) is 0 Å². The van der Waals surface area contributed by atoms with Gasteiger partial charge >= 0.3 is 140 Å². The predicted octanol–water partition coefficient (Wildman–Crippen LogP) is 3.08. The Morgan fingerprint density at radius 1 is 0.950 bits per heavy atom. The van der Waals surface area contributed by atoms with E-state index in [-0.39, 0.29) is 20.9 Å². The zero-order valence-corrected chi connectivity index (χ0v) is 16.6. The maximum atomic E-state index is 2.59. The minimum absolute atomic E-state index is 0.158. The van der Waals surface area contributed by atoms with Crippen LogP contribution in [0.1, 0.15) is 48.4 Å². The number of unbranched alkanes of at least 4 members (excludes halogenated alkanes) is 2. The third-order valence-corrected chi connectivity index (χ3v) is 9.98. The number of hydrogen-bond donors (Lipinski definition) is 0. The molecule has 0 saturated carbocycles. The van der Waals surface area contributed by atoms with Crippen LogP contribution in [0.25, 0.3) is 0 Å². The summed E-state index contributed by atoms with van der Waals surface area (Å²) in [6.45, 7) is 4.61. The predicted molar refractivity (Wildman–Crippen MR) is 92.1 cm³/mol. The van der Waals surface area contributed by atoms with Crippen LogP contribution in [0.4, 0.5) is 0 Å². The second kappa shape index (κ2) is 9.11. The van der Waals surface area contributed by atoms with Gasteiger partial charge in [0.1, 0.15) is 0 Å². The fourth-order valence-electron chi connectivity index (χ4n) is 2.15. The first-order chi connectivity index (χ1) is 9.83. The van der Waals surface area contributed by atoms with E-state index in [2.05, 4.69) is 50.2 Å². The number of benzene rings is 1. The zero-order valence-electron chi connectivity index (χ0n) is 12.5. The summed E-state index contributed by atoms with van der Waals surface area (Å²) in [5, 5.41) is 0. The second-order valence-corrected chi connectivity index (χ2v) is 10.9. The zero-order chi connectivity index (χ0) is 14.2. The Morgan fingerprint density at radius 3 is 2.35 bits per heavy atom. The van der Waals surface area contributed by atoms with Crippen LogP contribution in [0.5, 0.6) is 0 Å². The van der Waals surface area contributed by atoms with Crippen LogP contribution in [0, 0.1) is 0 Å². The number of hydrogen-bond acceptors (Lipinski definition) is 0. The van der Waals surface area contributed by atoms with Gasteiger partial charge in [0.05, 0.1) is 0 Å². The molecule has 0 aliphatic heterocycles. The Kier molecular flexibility index (Phi) is 7.46. The second-order valence-electron chi connectivity index (χ2n) is 5.12. The molecule has 0 nitrogen and oxygen atoms in total. The van der Waals surface area contributed by atoms with Gasteiger partial charge < -0.3 is 0 Å². The molecule has 0 amide bonds. The van der Waals surface area contributed by atoms with Crippen molar-refractivity contribution in [1.29, 1.82) is 0 Å². The maximum absolute atomic E-state index is 2.59. The van der Waals surface area contributed by atoms with Gasteiger partial charge in [-0.2, -0.15) is 0 Å². The van der Waals surface area contributed by atoms with Crippen LogP contribution in [0.2, 0.25) is 0 Å². The Balaban J connectivity index is 2.13. The molecule has 0 saturated heterocycles. The average Bonchev–Trinajstić information content (AvgIpc) is 2.86. The minimum atomic E-state index is -0.158. The van der Waals surface area contributed by atoms with Crippen molar-refractivity contribution in [2.24, 2.45) is 0 Å². The molecule has 108 valence electrons. The van der Waals surface area contributed by atoms with Crippen LogP contribution >= 0.6 is 0 Å². The van der Waals surface area contributed by atoms with E-state index in [1.807, 2.05) is 4.44 Å². The van der Waals surface area contributed by atoms with Crippen molar-refractivity contribution in [1.82, 2.24) is 0 Å². The van der Waals surface area contributed by atoms with Gasteiger partial charge in [-0.15, -0.1) is 0 Å². The quantitative estimate of drug-likeness (QED) is 0.547. The summed E-state index contributed by atoms with van der Waals surface area (Å²) >= 11 is 0.522. The summed E-state index contributed by atoms with van der Waals surface area (Å²) in [4.78, 5) is 0. The normalized spacial score (nSPS) is 10.9. The van der Waals surface area contributed by atoms with E-state index >= 15 is 0 Å². The summed E-state index contributed by atoms with van der Waals surface area (Å²) < 4.78 is 6.95. The molecule has 0 unspecified atom stereocenters. The molecule has 0 radical (unpaired) electrons. The number of aryl methyl sites for hydroxylation is 2. The molecule has 0 N–H and O–H groups in total. The number of rotatable bonds is 8. The molecule has 2 aromatic rings. The van der Waals surface area contributed by atoms with Crippen LogP contribution in [0.3, 0.4) is 0 Å². The summed E-state index contributed by atoms with van der Waals surface area (Å²) in [6.07, 6.45) is 8.09. The summed E-state index contributed by atoms with van der Waals surface area (Å²) in [5.74, 6) is 0. The topological polar surface area (TPSA) is 0 Å². The van der Waals surface area contributed by atoms with Gasteiger partial charge in [0.25, 0.3) is 0 Å². The van der Waals surface area contributed by atoms with Gasteiger partial charge in [0, 0.05) is 0 Å².